The van der Waals surface area contributed by atoms with E-state index in [1.165, 1.54) is 35.2 Å². The van der Waals surface area contributed by atoms with Crippen LogP contribution >= 0.6 is 11.6 Å². The van der Waals surface area contributed by atoms with Gasteiger partial charge in [-0.2, -0.15) is 0 Å². The Balaban J connectivity index is 1.14. The second kappa shape index (κ2) is 11.0. The number of nitrogens with one attached hydrogen (secondary N) is 1. The maximum absolute atomic E-state index is 14.5. The van der Waals surface area contributed by atoms with Crippen molar-refractivity contribution in [3.05, 3.63) is 82.3 Å². The molecule has 0 spiro atoms. The molecule has 208 valence electrons. The highest BCUT2D eigenvalue weighted by Gasteiger charge is 2.25. The van der Waals surface area contributed by atoms with Gasteiger partial charge in [0.15, 0.2) is 11.5 Å². The number of hydrogen-bond acceptors (Lipinski definition) is 7. The van der Waals surface area contributed by atoms with Crippen LogP contribution in [0.25, 0.3) is 11.2 Å². The zero-order chi connectivity index (χ0) is 27.8. The first-order valence-corrected chi connectivity index (χ1v) is 13.4. The number of halogens is 2. The molecule has 0 bridgehead atoms. The Hall–Kier alpha value is -3.87. The number of fused-ring (bicyclic) bond motifs is 2. The molecule has 1 aliphatic rings. The summed E-state index contributed by atoms with van der Waals surface area (Å²) in [4.78, 5) is 23.9. The van der Waals surface area contributed by atoms with Crippen molar-refractivity contribution in [2.45, 2.75) is 38.5 Å². The third-order valence-electron chi connectivity index (χ3n) is 6.87. The van der Waals surface area contributed by atoms with E-state index in [-0.39, 0.29) is 22.8 Å². The Morgan fingerprint density at radius 1 is 1.25 bits per heavy atom. The lowest BCUT2D eigenvalue weighted by Crippen LogP contribution is -2.23. The van der Waals surface area contributed by atoms with E-state index in [0.29, 0.717) is 31.4 Å². The fraction of sp³-hybridized carbons (Fsp3) is 0.370. The van der Waals surface area contributed by atoms with Gasteiger partial charge in [-0.25, -0.2) is 19.0 Å². The van der Waals surface area contributed by atoms with E-state index in [9.17, 15) is 9.18 Å². The number of likely N-dealkylation sites (N-methyl/N-ethyl adjacent to an activating group) is 1. The van der Waals surface area contributed by atoms with E-state index in [4.69, 9.17) is 21.3 Å². The topological polar surface area (TPSA) is 107 Å². The number of imidazole rings is 2. The first-order chi connectivity index (χ1) is 19.4. The molecule has 0 saturated heterocycles. The summed E-state index contributed by atoms with van der Waals surface area (Å²) in [7, 11) is 4.04. The minimum atomic E-state index is -0.586. The van der Waals surface area contributed by atoms with E-state index in [2.05, 4.69) is 42.2 Å². The average Bonchev–Trinajstić information content (AvgIpc) is 3.33. The maximum atomic E-state index is 14.5. The summed E-state index contributed by atoms with van der Waals surface area (Å²) in [5.41, 5.74) is 4.70. The van der Waals surface area contributed by atoms with Crippen molar-refractivity contribution in [3.8, 4) is 0 Å². The molecule has 0 unspecified atom stereocenters. The van der Waals surface area contributed by atoms with Crippen LogP contribution in [0.2, 0.25) is 5.02 Å². The van der Waals surface area contributed by atoms with E-state index in [1.54, 1.807) is 17.1 Å². The van der Waals surface area contributed by atoms with Gasteiger partial charge in [0.2, 0.25) is 0 Å². The van der Waals surface area contributed by atoms with Crippen molar-refractivity contribution in [2.75, 3.05) is 27.2 Å². The molecular formula is C27H29ClFN9O2. The summed E-state index contributed by atoms with van der Waals surface area (Å²) >= 11 is 5.90. The van der Waals surface area contributed by atoms with Crippen LogP contribution in [0.15, 0.2) is 43.2 Å². The molecule has 6 rings (SSSR count). The minimum Gasteiger partial charge on any atom is -0.375 e. The lowest BCUT2D eigenvalue weighted by atomic mass is 10.1. The number of amides is 1. The summed E-state index contributed by atoms with van der Waals surface area (Å²) in [5, 5.41) is 10.8. The molecule has 0 radical (unpaired) electrons. The third-order valence-corrected chi connectivity index (χ3v) is 7.16. The van der Waals surface area contributed by atoms with E-state index in [0.717, 1.165) is 23.4 Å². The Labute approximate surface area is 234 Å². The van der Waals surface area contributed by atoms with Gasteiger partial charge in [0.1, 0.15) is 11.2 Å². The molecule has 1 N–H and O–H groups in total. The van der Waals surface area contributed by atoms with E-state index in [1.807, 2.05) is 20.3 Å². The highest BCUT2D eigenvalue weighted by Crippen LogP contribution is 2.40. The molecule has 11 nitrogen and oxygen atoms in total. The van der Waals surface area contributed by atoms with Crippen molar-refractivity contribution in [1.29, 1.82) is 0 Å². The molecule has 5 aromatic heterocycles. The van der Waals surface area contributed by atoms with Crippen molar-refractivity contribution in [2.24, 2.45) is 0 Å². The summed E-state index contributed by atoms with van der Waals surface area (Å²) in [5.74, 6) is -0.436. The number of rotatable bonds is 11. The van der Waals surface area contributed by atoms with Crippen molar-refractivity contribution in [1.82, 2.24) is 44.0 Å². The number of nitrogens with zero attached hydrogens (tertiary/aromatic N) is 8. The van der Waals surface area contributed by atoms with E-state index < -0.39 is 11.7 Å². The summed E-state index contributed by atoms with van der Waals surface area (Å²) < 4.78 is 25.5. The van der Waals surface area contributed by atoms with Gasteiger partial charge in [0.25, 0.3) is 5.91 Å². The smallest absolute Gasteiger partial charge is 0.273 e. The molecule has 5 aromatic rings. The predicted molar refractivity (Wildman–Crippen MR) is 146 cm³/mol. The number of carbonyl (C=O) groups excluding carboxylic acids is 1. The van der Waals surface area contributed by atoms with Crippen LogP contribution in [0.3, 0.4) is 0 Å². The van der Waals surface area contributed by atoms with Crippen LogP contribution in [-0.4, -0.2) is 71.8 Å². The first-order valence-electron chi connectivity index (χ1n) is 13.1. The second-order valence-corrected chi connectivity index (χ2v) is 10.7. The summed E-state index contributed by atoms with van der Waals surface area (Å²) in [6.07, 6.45) is 11.2. The van der Waals surface area contributed by atoms with Crippen molar-refractivity contribution in [3.63, 3.8) is 0 Å². The normalized spacial score (nSPS) is 13.6. The summed E-state index contributed by atoms with van der Waals surface area (Å²) in [6.45, 7) is 2.34. The van der Waals surface area contributed by atoms with Gasteiger partial charge in [-0.3, -0.25) is 4.79 Å². The Morgan fingerprint density at radius 2 is 2.10 bits per heavy atom. The zero-order valence-corrected chi connectivity index (χ0v) is 23.0. The number of ether oxygens (including phenoxy) is 1. The van der Waals surface area contributed by atoms with Gasteiger partial charge in [-0.05, 0) is 50.6 Å². The molecule has 1 fully saturated rings. The molecule has 1 aliphatic carbocycles. The molecule has 1 saturated carbocycles. The Kier molecular flexibility index (Phi) is 7.22. The van der Waals surface area contributed by atoms with Crippen molar-refractivity contribution < 1.29 is 13.9 Å². The highest BCUT2D eigenvalue weighted by atomic mass is 35.5. The predicted octanol–water partition coefficient (Wildman–Crippen LogP) is 3.30. The molecule has 13 heteroatoms. The van der Waals surface area contributed by atoms with Crippen LogP contribution in [0.1, 0.15) is 51.8 Å². The largest absolute Gasteiger partial charge is 0.375 e. The first kappa shape index (κ1) is 26.4. The SMILES string of the molecule is CN(C)CCOCc1cc(C2CC2)cn2cc(Cn3cc(C(=O)NCc4ncn5ccc(Cl)c(F)c45)nn3)nc12. The number of aromatic nitrogens is 7. The second-order valence-electron chi connectivity index (χ2n) is 10.3. The Bertz CT molecular complexity index is 1690. The van der Waals surface area contributed by atoms with Gasteiger partial charge in [-0.1, -0.05) is 16.8 Å². The molecule has 0 aromatic carbocycles. The Morgan fingerprint density at radius 3 is 2.90 bits per heavy atom. The maximum Gasteiger partial charge on any atom is 0.273 e. The molecule has 1 amide bonds. The number of pyridine rings is 2. The quantitative estimate of drug-likeness (QED) is 0.245. The molecular weight excluding hydrogens is 537 g/mol. The van der Waals surface area contributed by atoms with Crippen LogP contribution in [-0.2, 0) is 24.4 Å². The lowest BCUT2D eigenvalue weighted by Gasteiger charge is -2.11. The van der Waals surface area contributed by atoms with Gasteiger partial charge < -0.3 is 23.8 Å². The number of carbonyl (C=O) groups is 1. The highest BCUT2D eigenvalue weighted by molar-refractivity contribution is 6.31. The van der Waals surface area contributed by atoms with Gasteiger partial charge in [0, 0.05) is 30.7 Å². The molecule has 0 aliphatic heterocycles. The van der Waals surface area contributed by atoms with Gasteiger partial charge in [0.05, 0.1) is 55.2 Å². The van der Waals surface area contributed by atoms with E-state index >= 15 is 0 Å². The van der Waals surface area contributed by atoms with Gasteiger partial charge in [-0.15, -0.1) is 5.10 Å². The minimum absolute atomic E-state index is 0.00854. The van der Waals surface area contributed by atoms with Crippen LogP contribution in [0, 0.1) is 5.82 Å². The summed E-state index contributed by atoms with van der Waals surface area (Å²) in [6, 6.07) is 3.66. The number of hydrogen-bond donors (Lipinski definition) is 1. The zero-order valence-electron chi connectivity index (χ0n) is 22.2. The van der Waals surface area contributed by atoms with Crippen LogP contribution in [0.5, 0.6) is 0 Å². The fourth-order valence-corrected chi connectivity index (χ4v) is 4.76. The van der Waals surface area contributed by atoms with Crippen LogP contribution in [0.4, 0.5) is 4.39 Å². The third kappa shape index (κ3) is 5.55. The molecule has 5 heterocycles. The average molecular weight is 566 g/mol. The lowest BCUT2D eigenvalue weighted by molar-refractivity contribution is 0.0945. The monoisotopic (exact) mass is 565 g/mol. The van der Waals surface area contributed by atoms with Crippen molar-refractivity contribution >= 4 is 28.7 Å². The molecule has 0 atom stereocenters. The standard InChI is InChI=1S/C27H29ClFN9O2/c1-35(2)7-8-40-15-19-9-18(17-3-4-17)11-37-12-20(32-26(19)37)13-38-14-23(33-34-38)27(39)30-10-22-25-24(29)21(28)5-6-36(25)16-31-22/h5-6,9,11-12,14,16-17H,3-4,7-8,10,13,15H2,1-2H3,(H,30,39). The van der Waals surface area contributed by atoms with Crippen LogP contribution < -0.4 is 5.32 Å². The van der Waals surface area contributed by atoms with Gasteiger partial charge >= 0.3 is 0 Å². The fourth-order valence-electron chi connectivity index (χ4n) is 4.61. The molecule has 40 heavy (non-hydrogen) atoms.